The van der Waals surface area contributed by atoms with Crippen LogP contribution in [0.25, 0.3) is 0 Å². The maximum atomic E-state index is 13.3. The van der Waals surface area contributed by atoms with Crippen molar-refractivity contribution in [2.24, 2.45) is 4.40 Å². The van der Waals surface area contributed by atoms with Gasteiger partial charge in [0.05, 0.1) is 5.69 Å². The minimum absolute atomic E-state index is 0.130. The summed E-state index contributed by atoms with van der Waals surface area (Å²) in [4.78, 5) is 28.6. The number of hydrogen-bond acceptors (Lipinski definition) is 7. The van der Waals surface area contributed by atoms with E-state index in [0.717, 1.165) is 43.1 Å². The monoisotopic (exact) mass is 496 g/mol. The lowest BCUT2D eigenvalue weighted by Crippen LogP contribution is -2.49. The first-order chi connectivity index (χ1) is 16.7. The van der Waals surface area contributed by atoms with Crippen molar-refractivity contribution >= 4 is 33.3 Å². The zero-order valence-electron chi connectivity index (χ0n) is 20.6. The van der Waals surface area contributed by atoms with Gasteiger partial charge >= 0.3 is 0 Å². The molecule has 10 heteroatoms. The number of sulfonamides is 1. The van der Waals surface area contributed by atoms with Crippen LogP contribution in [0, 0.1) is 6.92 Å². The second-order valence-corrected chi connectivity index (χ2v) is 11.4. The molecule has 1 amide bonds. The van der Waals surface area contributed by atoms with Crippen LogP contribution < -0.4 is 9.80 Å². The number of rotatable bonds is 3. The van der Waals surface area contributed by atoms with Gasteiger partial charge in [-0.2, -0.15) is 8.42 Å². The van der Waals surface area contributed by atoms with Gasteiger partial charge in [-0.1, -0.05) is 20.3 Å². The number of aromatic nitrogens is 2. The predicted molar refractivity (Wildman–Crippen MR) is 136 cm³/mol. The number of carbonyl (C=O) groups excluding carboxylic acids is 1. The Bertz CT molecular complexity index is 1280. The number of hydrogen-bond donors (Lipinski definition) is 0. The van der Waals surface area contributed by atoms with Gasteiger partial charge in [-0.15, -0.1) is 4.40 Å². The van der Waals surface area contributed by atoms with Gasteiger partial charge in [-0.3, -0.25) is 4.79 Å². The highest BCUT2D eigenvalue weighted by atomic mass is 32.2. The number of aryl methyl sites for hydroxylation is 1. The van der Waals surface area contributed by atoms with Crippen molar-refractivity contribution < 1.29 is 13.2 Å². The van der Waals surface area contributed by atoms with Gasteiger partial charge in [-0.25, -0.2) is 9.97 Å². The lowest BCUT2D eigenvalue weighted by molar-refractivity contribution is 0.0746. The van der Waals surface area contributed by atoms with E-state index in [2.05, 4.69) is 28.1 Å². The Morgan fingerprint density at radius 2 is 1.74 bits per heavy atom. The van der Waals surface area contributed by atoms with Crippen molar-refractivity contribution in [2.75, 3.05) is 42.5 Å². The third-order valence-electron chi connectivity index (χ3n) is 6.86. The summed E-state index contributed by atoms with van der Waals surface area (Å²) in [5.41, 5.74) is 1.95. The second-order valence-electron chi connectivity index (χ2n) is 9.79. The van der Waals surface area contributed by atoms with Crippen molar-refractivity contribution in [3.8, 4) is 0 Å². The van der Waals surface area contributed by atoms with Crippen LogP contribution in [0.2, 0.25) is 0 Å². The lowest BCUT2D eigenvalue weighted by atomic mass is 10.1. The minimum atomic E-state index is -3.82. The lowest BCUT2D eigenvalue weighted by Gasteiger charge is -2.36. The molecular weight excluding hydrogens is 464 g/mol. The molecule has 0 atom stereocenters. The van der Waals surface area contributed by atoms with Crippen molar-refractivity contribution in [3.05, 3.63) is 41.3 Å². The average Bonchev–Trinajstić information content (AvgIpc) is 3.08. The third kappa shape index (κ3) is 4.63. The molecule has 2 fully saturated rings. The summed E-state index contributed by atoms with van der Waals surface area (Å²) in [6.07, 6.45) is 3.65. The molecule has 35 heavy (non-hydrogen) atoms. The molecule has 186 valence electrons. The maximum Gasteiger partial charge on any atom is 0.286 e. The van der Waals surface area contributed by atoms with Crippen molar-refractivity contribution in [3.63, 3.8) is 0 Å². The van der Waals surface area contributed by atoms with Crippen molar-refractivity contribution in [2.45, 2.75) is 57.3 Å². The number of benzene rings is 1. The van der Waals surface area contributed by atoms with E-state index in [4.69, 9.17) is 4.98 Å². The fourth-order valence-electron chi connectivity index (χ4n) is 4.93. The van der Waals surface area contributed by atoms with Crippen LogP contribution >= 0.6 is 0 Å². The topological polar surface area (TPSA) is 99.1 Å². The molecule has 5 rings (SSSR count). The first-order valence-corrected chi connectivity index (χ1v) is 13.8. The van der Waals surface area contributed by atoms with Crippen molar-refractivity contribution in [1.29, 1.82) is 0 Å². The Morgan fingerprint density at radius 3 is 2.49 bits per heavy atom. The highest BCUT2D eigenvalue weighted by Crippen LogP contribution is 2.35. The number of carbonyl (C=O) groups is 1. The van der Waals surface area contributed by atoms with Crippen LogP contribution in [-0.2, 0) is 10.0 Å². The van der Waals surface area contributed by atoms with Gasteiger partial charge in [0.15, 0.2) is 0 Å². The van der Waals surface area contributed by atoms with Crippen molar-refractivity contribution in [1.82, 2.24) is 14.9 Å². The van der Waals surface area contributed by atoms with Gasteiger partial charge < -0.3 is 14.7 Å². The molecule has 9 nitrogen and oxygen atoms in total. The van der Waals surface area contributed by atoms with E-state index in [-0.39, 0.29) is 16.7 Å². The molecule has 0 bridgehead atoms. The Hall–Kier alpha value is -3.01. The van der Waals surface area contributed by atoms with Gasteiger partial charge in [-0.05, 0) is 38.0 Å². The zero-order chi connectivity index (χ0) is 24.7. The number of nitrogens with zero attached hydrogens (tertiary/aromatic N) is 6. The minimum Gasteiger partial charge on any atom is -0.353 e. The molecule has 4 heterocycles. The van der Waals surface area contributed by atoms with E-state index >= 15 is 0 Å². The second kappa shape index (κ2) is 9.22. The van der Waals surface area contributed by atoms with Gasteiger partial charge in [0.2, 0.25) is 0 Å². The number of amidine groups is 1. The first kappa shape index (κ1) is 23.7. The standard InChI is InChI=1S/C25H32N6O3S/c1-17(2)24-26-18(3)15-23(27-24)29-11-13-30(14-12-29)25(32)19-8-9-20-21(16-19)35(33,34)28-22-7-5-4-6-10-31(20)22/h8-9,15-17H,4-7,10-14H2,1-3H3. The normalized spacial score (nSPS) is 19.7. The molecule has 2 aromatic rings. The fourth-order valence-corrected chi connectivity index (χ4v) is 6.21. The third-order valence-corrected chi connectivity index (χ3v) is 8.19. The molecule has 0 radical (unpaired) electrons. The van der Waals surface area contributed by atoms with E-state index in [9.17, 15) is 13.2 Å². The summed E-state index contributed by atoms with van der Waals surface area (Å²) in [6.45, 7) is 9.26. The quantitative estimate of drug-likeness (QED) is 0.642. The Morgan fingerprint density at radius 1 is 0.971 bits per heavy atom. The molecule has 0 unspecified atom stereocenters. The van der Waals surface area contributed by atoms with E-state index in [1.54, 1.807) is 17.0 Å². The van der Waals surface area contributed by atoms with Crippen LogP contribution in [0.5, 0.6) is 0 Å². The average molecular weight is 497 g/mol. The molecule has 2 saturated heterocycles. The summed E-state index contributed by atoms with van der Waals surface area (Å²) in [6, 6.07) is 7.01. The molecule has 1 aromatic carbocycles. The number of amides is 1. The maximum absolute atomic E-state index is 13.3. The van der Waals surface area contributed by atoms with Gasteiger partial charge in [0.25, 0.3) is 15.9 Å². The summed E-state index contributed by atoms with van der Waals surface area (Å²) in [5.74, 6) is 2.41. The Kier molecular flexibility index (Phi) is 6.25. The molecule has 0 N–H and O–H groups in total. The summed E-state index contributed by atoms with van der Waals surface area (Å²) >= 11 is 0. The molecule has 3 aliphatic rings. The zero-order valence-corrected chi connectivity index (χ0v) is 21.4. The smallest absolute Gasteiger partial charge is 0.286 e. The molecule has 1 aromatic heterocycles. The summed E-state index contributed by atoms with van der Waals surface area (Å²) in [5, 5.41) is 0. The molecule has 0 saturated carbocycles. The number of anilines is 2. The van der Waals surface area contributed by atoms with Crippen LogP contribution in [0.1, 0.15) is 67.3 Å². The van der Waals surface area contributed by atoms with Gasteiger partial charge in [0.1, 0.15) is 22.4 Å². The summed E-state index contributed by atoms with van der Waals surface area (Å²) in [7, 11) is -3.82. The molecule has 0 aliphatic carbocycles. The van der Waals surface area contributed by atoms with E-state index in [0.29, 0.717) is 49.7 Å². The van der Waals surface area contributed by atoms with Crippen LogP contribution in [0.15, 0.2) is 33.6 Å². The fraction of sp³-hybridized carbons (Fsp3) is 0.520. The van der Waals surface area contributed by atoms with Gasteiger partial charge in [0, 0.05) is 62.4 Å². The van der Waals surface area contributed by atoms with E-state index in [1.807, 2.05) is 17.9 Å². The highest BCUT2D eigenvalue weighted by molar-refractivity contribution is 7.90. The Labute approximate surface area is 206 Å². The Balaban J connectivity index is 1.33. The van der Waals surface area contributed by atoms with Crippen LogP contribution in [-0.4, -0.2) is 67.8 Å². The molecule has 0 spiro atoms. The van der Waals surface area contributed by atoms with E-state index in [1.165, 1.54) is 6.07 Å². The SMILES string of the molecule is Cc1cc(N2CCN(C(=O)c3ccc4c(c3)S(=O)(=O)N=C3CCCCCN34)CC2)nc(C(C)C)n1. The summed E-state index contributed by atoms with van der Waals surface area (Å²) < 4.78 is 30.0. The largest absolute Gasteiger partial charge is 0.353 e. The number of piperazine rings is 1. The van der Waals surface area contributed by atoms with Crippen LogP contribution in [0.3, 0.4) is 0 Å². The number of fused-ring (bicyclic) bond motifs is 3. The highest BCUT2D eigenvalue weighted by Gasteiger charge is 2.33. The molecular formula is C25H32N6O3S. The first-order valence-electron chi connectivity index (χ1n) is 12.4. The van der Waals surface area contributed by atoms with Crippen LogP contribution in [0.4, 0.5) is 11.5 Å². The van der Waals surface area contributed by atoms with E-state index < -0.39 is 10.0 Å². The molecule has 3 aliphatic heterocycles. The predicted octanol–water partition coefficient (Wildman–Crippen LogP) is 3.35.